The number of carbonyl (C=O) groups is 1. The van der Waals surface area contributed by atoms with Crippen LogP contribution < -0.4 is 5.32 Å². The van der Waals surface area contributed by atoms with Gasteiger partial charge in [0.15, 0.2) is 0 Å². The van der Waals surface area contributed by atoms with Crippen molar-refractivity contribution in [3.8, 4) is 0 Å². The molecule has 1 N–H and O–H groups in total. The Morgan fingerprint density at radius 1 is 1.15 bits per heavy atom. The van der Waals surface area contributed by atoms with E-state index >= 15 is 0 Å². The number of hydrogen-bond acceptors (Lipinski definition) is 3. The maximum Gasteiger partial charge on any atom is 0.408 e. The summed E-state index contributed by atoms with van der Waals surface area (Å²) < 4.78 is 12.8. The zero-order valence-corrected chi connectivity index (χ0v) is 17.4. The molecule has 1 aliphatic carbocycles. The summed E-state index contributed by atoms with van der Waals surface area (Å²) in [6.07, 6.45) is 0.252. The molecule has 26 heavy (non-hydrogen) atoms. The molecule has 0 unspecified atom stereocenters. The van der Waals surface area contributed by atoms with Gasteiger partial charge in [-0.1, -0.05) is 36.4 Å². The van der Waals surface area contributed by atoms with E-state index in [2.05, 4.69) is 58.2 Å². The Morgan fingerprint density at radius 3 is 2.54 bits per heavy atom. The summed E-state index contributed by atoms with van der Waals surface area (Å²) in [5.74, 6) is 0. The molecule has 0 saturated heterocycles. The Morgan fingerprint density at radius 2 is 1.85 bits per heavy atom. The SMILES string of the molecule is CC(C)(C)OC(=O)N[C@H]1c2ccccc2C[C@H]1OCc1ccc(I)cc1. The van der Waals surface area contributed by atoms with Crippen molar-refractivity contribution in [2.24, 2.45) is 0 Å². The minimum Gasteiger partial charge on any atom is -0.444 e. The summed E-state index contributed by atoms with van der Waals surface area (Å²) in [4.78, 5) is 12.3. The van der Waals surface area contributed by atoms with Crippen LogP contribution in [0.1, 0.15) is 43.5 Å². The summed E-state index contributed by atoms with van der Waals surface area (Å²) in [5.41, 5.74) is 2.91. The molecule has 1 aliphatic rings. The van der Waals surface area contributed by atoms with E-state index in [1.165, 1.54) is 9.13 Å². The third-order valence-corrected chi connectivity index (χ3v) is 4.95. The number of alkyl carbamates (subject to hydrolysis) is 1. The lowest BCUT2D eigenvalue weighted by atomic mass is 10.1. The van der Waals surface area contributed by atoms with E-state index in [9.17, 15) is 4.79 Å². The third kappa shape index (κ3) is 4.98. The lowest BCUT2D eigenvalue weighted by molar-refractivity contribution is 0.0121. The summed E-state index contributed by atoms with van der Waals surface area (Å²) >= 11 is 2.29. The van der Waals surface area contributed by atoms with Crippen LogP contribution in [0.2, 0.25) is 0 Å². The number of amides is 1. The summed E-state index contributed by atoms with van der Waals surface area (Å²) in [7, 11) is 0. The zero-order valence-electron chi connectivity index (χ0n) is 15.3. The topological polar surface area (TPSA) is 47.6 Å². The standard InChI is InChI=1S/C21H24INO3/c1-21(2,3)26-20(24)23-19-17-7-5-4-6-15(17)12-18(19)25-13-14-8-10-16(22)11-9-14/h4-11,18-19H,12-13H2,1-3H3,(H,23,24)/t18-,19+/m1/s1. The first kappa shape index (κ1) is 19.2. The highest BCUT2D eigenvalue weighted by molar-refractivity contribution is 14.1. The number of nitrogens with one attached hydrogen (secondary N) is 1. The van der Waals surface area contributed by atoms with E-state index < -0.39 is 11.7 Å². The average molecular weight is 465 g/mol. The predicted octanol–water partition coefficient (Wildman–Crippen LogP) is 5.00. The van der Waals surface area contributed by atoms with E-state index in [-0.39, 0.29) is 12.1 Å². The third-order valence-electron chi connectivity index (χ3n) is 4.23. The van der Waals surface area contributed by atoms with Crippen LogP contribution in [0.5, 0.6) is 0 Å². The normalized spacial score (nSPS) is 19.1. The largest absolute Gasteiger partial charge is 0.444 e. The molecule has 138 valence electrons. The van der Waals surface area contributed by atoms with Crippen LogP contribution in [-0.4, -0.2) is 17.8 Å². The molecule has 5 heteroatoms. The maximum atomic E-state index is 12.3. The molecule has 0 spiro atoms. The van der Waals surface area contributed by atoms with Gasteiger partial charge in [-0.05, 0) is 72.2 Å². The number of ether oxygens (including phenoxy) is 2. The van der Waals surface area contributed by atoms with E-state index in [0.717, 1.165) is 17.5 Å². The quantitative estimate of drug-likeness (QED) is 0.647. The van der Waals surface area contributed by atoms with Crippen molar-refractivity contribution in [3.63, 3.8) is 0 Å². The monoisotopic (exact) mass is 465 g/mol. The number of halogens is 1. The summed E-state index contributed by atoms with van der Waals surface area (Å²) in [5, 5.41) is 3.00. The van der Waals surface area contributed by atoms with Crippen molar-refractivity contribution in [1.82, 2.24) is 5.32 Å². The molecular formula is C21H24INO3. The van der Waals surface area contributed by atoms with Gasteiger partial charge in [-0.25, -0.2) is 4.79 Å². The minimum absolute atomic E-state index is 0.112. The smallest absolute Gasteiger partial charge is 0.408 e. The fraction of sp³-hybridized carbons (Fsp3) is 0.381. The number of carbonyl (C=O) groups excluding carboxylic acids is 1. The second-order valence-electron chi connectivity index (χ2n) is 7.50. The minimum atomic E-state index is -0.528. The molecule has 0 aliphatic heterocycles. The van der Waals surface area contributed by atoms with Crippen molar-refractivity contribution < 1.29 is 14.3 Å². The van der Waals surface area contributed by atoms with E-state index in [1.54, 1.807) is 0 Å². The number of rotatable bonds is 4. The van der Waals surface area contributed by atoms with Crippen LogP contribution in [0, 0.1) is 3.57 Å². The predicted molar refractivity (Wildman–Crippen MR) is 110 cm³/mol. The Hall–Kier alpha value is -1.60. The fourth-order valence-corrected chi connectivity index (χ4v) is 3.46. The highest BCUT2D eigenvalue weighted by Crippen LogP contribution is 2.34. The van der Waals surface area contributed by atoms with Crippen LogP contribution in [0.3, 0.4) is 0 Å². The van der Waals surface area contributed by atoms with Crippen molar-refractivity contribution in [3.05, 3.63) is 68.8 Å². The molecule has 2 atom stereocenters. The van der Waals surface area contributed by atoms with Gasteiger partial charge in [-0.15, -0.1) is 0 Å². The number of fused-ring (bicyclic) bond motifs is 1. The molecule has 2 aromatic carbocycles. The van der Waals surface area contributed by atoms with Crippen LogP contribution in [0.4, 0.5) is 4.79 Å². The van der Waals surface area contributed by atoms with E-state index in [0.29, 0.717) is 6.61 Å². The second-order valence-corrected chi connectivity index (χ2v) is 8.75. The molecule has 0 aromatic heterocycles. The van der Waals surface area contributed by atoms with Crippen molar-refractivity contribution in [2.75, 3.05) is 0 Å². The average Bonchev–Trinajstić information content (AvgIpc) is 2.90. The lowest BCUT2D eigenvalue weighted by Gasteiger charge is -2.25. The molecule has 2 aromatic rings. The van der Waals surface area contributed by atoms with Gasteiger partial charge in [0.1, 0.15) is 5.60 Å². The Labute approximate surface area is 168 Å². The van der Waals surface area contributed by atoms with Crippen LogP contribution in [0.25, 0.3) is 0 Å². The summed E-state index contributed by atoms with van der Waals surface area (Å²) in [6, 6.07) is 16.2. The first-order valence-electron chi connectivity index (χ1n) is 8.75. The van der Waals surface area contributed by atoms with E-state index in [4.69, 9.17) is 9.47 Å². The Bertz CT molecular complexity index is 768. The van der Waals surface area contributed by atoms with Crippen molar-refractivity contribution in [1.29, 1.82) is 0 Å². The molecule has 0 heterocycles. The van der Waals surface area contributed by atoms with E-state index in [1.807, 2.05) is 39.0 Å². The summed E-state index contributed by atoms with van der Waals surface area (Å²) in [6.45, 7) is 6.10. The zero-order chi connectivity index (χ0) is 18.7. The fourth-order valence-electron chi connectivity index (χ4n) is 3.10. The maximum absolute atomic E-state index is 12.3. The molecule has 0 radical (unpaired) electrons. The highest BCUT2D eigenvalue weighted by Gasteiger charge is 2.35. The second kappa shape index (κ2) is 7.96. The van der Waals surface area contributed by atoms with Crippen LogP contribution in [-0.2, 0) is 22.5 Å². The lowest BCUT2D eigenvalue weighted by Crippen LogP contribution is -2.39. The number of hydrogen-bond donors (Lipinski definition) is 1. The molecule has 0 fully saturated rings. The molecular weight excluding hydrogens is 441 g/mol. The van der Waals surface area contributed by atoms with Crippen molar-refractivity contribution in [2.45, 2.75) is 51.5 Å². The Kier molecular flexibility index (Phi) is 5.87. The number of benzene rings is 2. The highest BCUT2D eigenvalue weighted by atomic mass is 127. The molecule has 4 nitrogen and oxygen atoms in total. The first-order chi connectivity index (χ1) is 12.3. The van der Waals surface area contributed by atoms with Gasteiger partial charge in [-0.2, -0.15) is 0 Å². The van der Waals surface area contributed by atoms with Gasteiger partial charge < -0.3 is 14.8 Å². The van der Waals surface area contributed by atoms with Crippen LogP contribution in [0.15, 0.2) is 48.5 Å². The molecule has 3 rings (SSSR count). The van der Waals surface area contributed by atoms with Gasteiger partial charge in [0.05, 0.1) is 18.8 Å². The molecule has 0 bridgehead atoms. The van der Waals surface area contributed by atoms with Gasteiger partial charge in [0.2, 0.25) is 0 Å². The molecule has 0 saturated carbocycles. The van der Waals surface area contributed by atoms with Crippen LogP contribution >= 0.6 is 22.6 Å². The van der Waals surface area contributed by atoms with Gasteiger partial charge >= 0.3 is 6.09 Å². The van der Waals surface area contributed by atoms with Gasteiger partial charge in [0.25, 0.3) is 0 Å². The first-order valence-corrected chi connectivity index (χ1v) is 9.83. The van der Waals surface area contributed by atoms with Crippen molar-refractivity contribution >= 4 is 28.7 Å². The van der Waals surface area contributed by atoms with Gasteiger partial charge in [-0.3, -0.25) is 0 Å². The molecule has 1 amide bonds. The Balaban J connectivity index is 1.71. The van der Waals surface area contributed by atoms with Gasteiger partial charge in [0, 0.05) is 9.99 Å².